The molecule has 19 heteroatoms. The van der Waals surface area contributed by atoms with Crippen LogP contribution in [0.25, 0.3) is 33.8 Å². The Morgan fingerprint density at radius 1 is 0.614 bits per heavy atom. The van der Waals surface area contributed by atoms with Gasteiger partial charge in [-0.15, -0.1) is 0 Å². The molecule has 3 aromatic carbocycles. The monoisotopic (exact) mass is 949 g/mol. The van der Waals surface area contributed by atoms with Gasteiger partial charge in [-0.3, -0.25) is 19.4 Å². The summed E-state index contributed by atoms with van der Waals surface area (Å²) < 4.78 is 23.6. The van der Waals surface area contributed by atoms with Crippen molar-refractivity contribution < 1.29 is 28.2 Å². The molecule has 362 valence electrons. The van der Waals surface area contributed by atoms with E-state index in [1.165, 1.54) is 24.6 Å². The lowest BCUT2D eigenvalue weighted by Crippen LogP contribution is -2.31. The van der Waals surface area contributed by atoms with Crippen molar-refractivity contribution >= 4 is 35.6 Å². The quantitative estimate of drug-likeness (QED) is 0.0962. The number of carbonyl (C=O) groups is 3. The number of hydrogen-bond donors (Lipinski definition) is 3. The predicted octanol–water partition coefficient (Wildman–Crippen LogP) is 6.75. The van der Waals surface area contributed by atoms with Gasteiger partial charge in [0.05, 0.1) is 31.3 Å². The zero-order chi connectivity index (χ0) is 50.2. The van der Waals surface area contributed by atoms with Crippen LogP contribution >= 0.6 is 0 Å². The topological polar surface area (TPSA) is 248 Å². The van der Waals surface area contributed by atoms with E-state index in [1.807, 2.05) is 85.3 Å². The average Bonchev–Trinajstić information content (AvgIpc) is 3.39. The highest BCUT2D eigenvalue weighted by molar-refractivity contribution is 5.93. The Morgan fingerprint density at radius 3 is 1.71 bits per heavy atom. The Balaban J connectivity index is 0.000000173. The smallest absolute Gasteiger partial charge is 0.267 e. The Kier molecular flexibility index (Phi) is 17.7. The van der Waals surface area contributed by atoms with Gasteiger partial charge in [0.15, 0.2) is 11.5 Å². The number of benzene rings is 3. The first-order chi connectivity index (χ1) is 33.8. The lowest BCUT2D eigenvalue weighted by atomic mass is 10.1. The van der Waals surface area contributed by atoms with Crippen LogP contribution in [0.2, 0.25) is 0 Å². The summed E-state index contributed by atoms with van der Waals surface area (Å²) in [7, 11) is 5.03. The number of pyridine rings is 1. The van der Waals surface area contributed by atoms with E-state index in [4.69, 9.17) is 26.7 Å². The van der Waals surface area contributed by atoms with E-state index in [9.17, 15) is 18.8 Å². The largest absolute Gasteiger partial charge is 0.493 e. The zero-order valence-corrected chi connectivity index (χ0v) is 39.7. The summed E-state index contributed by atoms with van der Waals surface area (Å²) >= 11 is 0. The second-order valence-corrected chi connectivity index (χ2v) is 15.8. The first kappa shape index (κ1) is 50.8. The number of nitrogens with two attached hydrogens (primary N) is 3. The number of halogens is 1. The van der Waals surface area contributed by atoms with Gasteiger partial charge >= 0.3 is 0 Å². The highest BCUT2D eigenvalue weighted by Gasteiger charge is 2.19. The van der Waals surface area contributed by atoms with E-state index in [2.05, 4.69) is 39.8 Å². The van der Waals surface area contributed by atoms with Crippen molar-refractivity contribution in [3.63, 3.8) is 0 Å². The van der Waals surface area contributed by atoms with Crippen LogP contribution in [0.5, 0.6) is 11.5 Å². The maximum absolute atomic E-state index is 13.0. The summed E-state index contributed by atoms with van der Waals surface area (Å²) in [6.45, 7) is 7.71. The first-order valence-electron chi connectivity index (χ1n) is 22.5. The van der Waals surface area contributed by atoms with Crippen molar-refractivity contribution in [3.8, 4) is 45.3 Å². The summed E-state index contributed by atoms with van der Waals surface area (Å²) in [5.74, 6) is 0.560. The molecule has 0 bridgehead atoms. The molecule has 0 aliphatic carbocycles. The maximum atomic E-state index is 13.0. The molecular weight excluding hydrogens is 894 g/mol. The predicted molar refractivity (Wildman–Crippen MR) is 267 cm³/mol. The number of aromatic nitrogens is 7. The summed E-state index contributed by atoms with van der Waals surface area (Å²) in [5.41, 5.74) is 22.0. The van der Waals surface area contributed by atoms with Crippen LogP contribution < -0.4 is 41.4 Å². The number of nitrogens with zero attached hydrogens (tertiary/aromatic N) is 10. The van der Waals surface area contributed by atoms with Crippen LogP contribution in [0.4, 0.5) is 22.2 Å². The molecular formula is C51H56FN13O5. The van der Waals surface area contributed by atoms with Crippen LogP contribution in [0.15, 0.2) is 116 Å². The molecule has 1 fully saturated rings. The van der Waals surface area contributed by atoms with Crippen LogP contribution in [0.1, 0.15) is 70.1 Å². The summed E-state index contributed by atoms with van der Waals surface area (Å²) in [6, 6.07) is 29.6. The summed E-state index contributed by atoms with van der Waals surface area (Å²) in [4.78, 5) is 71.2. The minimum absolute atomic E-state index is 0.145. The van der Waals surface area contributed by atoms with Gasteiger partial charge in [-0.05, 0) is 105 Å². The second kappa shape index (κ2) is 24.4. The number of amides is 3. The number of rotatable bonds is 15. The molecule has 0 radical (unpaired) electrons. The Labute approximate surface area is 405 Å². The molecule has 0 spiro atoms. The molecule has 7 aromatic rings. The van der Waals surface area contributed by atoms with Gasteiger partial charge in [0, 0.05) is 68.9 Å². The van der Waals surface area contributed by atoms with Crippen molar-refractivity contribution in [3.05, 3.63) is 144 Å². The standard InChI is InChI=1S/C18H17N5O.C18H22N4O3.C15H17FN4O/c1-23(12-13-6-5-9-20-11-13)18-21-15(10-16(22-18)17(19)24)14-7-3-2-4-8-14;1-24-15-7-6-12(10-16(15)25-2)13-11-14(17(19)23)21-18(20-13)22-8-4-3-5-9-22;1-3-20(4-2)15-18-12(9-13(19-15)14(17)21)10-5-7-11(16)8-6-10/h2-11H,12H2,1H3,(H2,19,24);6-7,10-11H,3-5,8-9H2,1-2H3,(H2,19,23);5-9H,3-4H2,1-2H3,(H2,17,21). The van der Waals surface area contributed by atoms with E-state index in [1.54, 1.807) is 56.9 Å². The number of methoxy groups -OCH3 is 2. The summed E-state index contributed by atoms with van der Waals surface area (Å²) in [5, 5.41) is 0. The van der Waals surface area contributed by atoms with Crippen molar-refractivity contribution in [1.82, 2.24) is 34.9 Å². The highest BCUT2D eigenvalue weighted by atomic mass is 19.1. The number of hydrogen-bond acceptors (Lipinski definition) is 15. The van der Waals surface area contributed by atoms with Gasteiger partial charge in [0.2, 0.25) is 17.8 Å². The molecule has 4 aromatic heterocycles. The number of piperidine rings is 1. The lowest BCUT2D eigenvalue weighted by molar-refractivity contribution is 0.0987. The fourth-order valence-corrected chi connectivity index (χ4v) is 7.24. The van der Waals surface area contributed by atoms with Gasteiger partial charge in [0.1, 0.15) is 22.9 Å². The van der Waals surface area contributed by atoms with E-state index in [0.29, 0.717) is 71.6 Å². The third kappa shape index (κ3) is 13.5. The lowest BCUT2D eigenvalue weighted by Gasteiger charge is -2.27. The Morgan fingerprint density at radius 2 is 1.16 bits per heavy atom. The molecule has 6 N–H and O–H groups in total. The van der Waals surface area contributed by atoms with Crippen LogP contribution in [-0.2, 0) is 6.54 Å². The molecule has 5 heterocycles. The molecule has 0 unspecified atom stereocenters. The van der Waals surface area contributed by atoms with E-state index in [0.717, 1.165) is 42.6 Å². The zero-order valence-electron chi connectivity index (χ0n) is 39.7. The van der Waals surface area contributed by atoms with Gasteiger partial charge in [-0.25, -0.2) is 34.3 Å². The molecule has 1 aliphatic rings. The molecule has 8 rings (SSSR count). The molecule has 1 saturated heterocycles. The number of anilines is 3. The van der Waals surface area contributed by atoms with Crippen molar-refractivity contribution in [2.45, 2.75) is 39.7 Å². The SMILES string of the molecule is CCN(CC)c1nc(C(N)=O)cc(-c2ccc(F)cc2)n1.CN(Cc1cccnc1)c1nc(C(N)=O)cc(-c2ccccc2)n1.COc1ccc(-c2cc(C(N)=O)nc(N3CCCCC3)n2)cc1OC. The minimum atomic E-state index is -0.617. The van der Waals surface area contributed by atoms with Crippen molar-refractivity contribution in [2.75, 3.05) is 62.1 Å². The van der Waals surface area contributed by atoms with Gasteiger partial charge in [-0.2, -0.15) is 0 Å². The molecule has 1 aliphatic heterocycles. The van der Waals surface area contributed by atoms with Gasteiger partial charge in [0.25, 0.3) is 17.7 Å². The molecule has 3 amide bonds. The minimum Gasteiger partial charge on any atom is -0.493 e. The average molecular weight is 950 g/mol. The second-order valence-electron chi connectivity index (χ2n) is 15.8. The van der Waals surface area contributed by atoms with Crippen molar-refractivity contribution in [2.24, 2.45) is 17.2 Å². The first-order valence-corrected chi connectivity index (χ1v) is 22.5. The molecule has 70 heavy (non-hydrogen) atoms. The van der Waals surface area contributed by atoms with Crippen LogP contribution in [-0.4, -0.2) is 100 Å². The fourth-order valence-electron chi connectivity index (χ4n) is 7.24. The third-order valence-corrected chi connectivity index (χ3v) is 11.0. The van der Waals surface area contributed by atoms with Gasteiger partial charge in [-0.1, -0.05) is 36.4 Å². The third-order valence-electron chi connectivity index (χ3n) is 11.0. The number of carbonyl (C=O) groups excluding carboxylic acids is 3. The normalized spacial score (nSPS) is 11.8. The van der Waals surface area contributed by atoms with Crippen LogP contribution in [0.3, 0.4) is 0 Å². The Hall–Kier alpha value is -8.61. The highest BCUT2D eigenvalue weighted by Crippen LogP contribution is 2.33. The van der Waals surface area contributed by atoms with E-state index in [-0.39, 0.29) is 22.9 Å². The van der Waals surface area contributed by atoms with Crippen LogP contribution in [0, 0.1) is 5.82 Å². The Bertz CT molecular complexity index is 2870. The van der Waals surface area contributed by atoms with E-state index < -0.39 is 17.7 Å². The van der Waals surface area contributed by atoms with Crippen molar-refractivity contribution in [1.29, 1.82) is 0 Å². The van der Waals surface area contributed by atoms with E-state index >= 15 is 0 Å². The molecule has 0 atom stereocenters. The molecule has 18 nitrogen and oxygen atoms in total. The fraction of sp³-hybridized carbons (Fsp3) is 0.255. The summed E-state index contributed by atoms with van der Waals surface area (Å²) in [6.07, 6.45) is 6.90. The molecule has 0 saturated carbocycles. The number of ether oxygens (including phenoxy) is 2. The van der Waals surface area contributed by atoms with Gasteiger partial charge < -0.3 is 41.4 Å². The maximum Gasteiger partial charge on any atom is 0.267 e. The number of primary amides is 3.